The molecular weight excluding hydrogens is 374 g/mol. The SMILES string of the molecule is COc1ccc(/C=N\NC(=O)Cc2ccc(N)cc2)c(Br)c1OC. The summed E-state index contributed by atoms with van der Waals surface area (Å²) < 4.78 is 11.2. The fraction of sp³-hybridized carbons (Fsp3) is 0.176. The van der Waals surface area contributed by atoms with Crippen LogP contribution in [0.5, 0.6) is 11.5 Å². The van der Waals surface area contributed by atoms with Gasteiger partial charge >= 0.3 is 0 Å². The summed E-state index contributed by atoms with van der Waals surface area (Å²) in [5.41, 5.74) is 10.4. The molecular formula is C17H18BrN3O3. The van der Waals surface area contributed by atoms with Gasteiger partial charge in [-0.2, -0.15) is 5.10 Å². The number of amides is 1. The average Bonchev–Trinajstić information content (AvgIpc) is 2.58. The maximum Gasteiger partial charge on any atom is 0.244 e. The van der Waals surface area contributed by atoms with Crippen molar-refractivity contribution in [3.05, 3.63) is 52.0 Å². The Labute approximate surface area is 148 Å². The number of nitrogens with zero attached hydrogens (tertiary/aromatic N) is 1. The normalized spacial score (nSPS) is 10.6. The predicted octanol–water partition coefficient (Wildman–Crippen LogP) is 2.74. The van der Waals surface area contributed by atoms with E-state index >= 15 is 0 Å². The van der Waals surface area contributed by atoms with Crippen molar-refractivity contribution in [2.45, 2.75) is 6.42 Å². The molecule has 3 N–H and O–H groups in total. The number of hydrogen-bond acceptors (Lipinski definition) is 5. The number of methoxy groups -OCH3 is 2. The van der Waals surface area contributed by atoms with Crippen LogP contribution in [0.2, 0.25) is 0 Å². The highest BCUT2D eigenvalue weighted by Crippen LogP contribution is 2.36. The smallest absolute Gasteiger partial charge is 0.244 e. The molecule has 0 atom stereocenters. The van der Waals surface area contributed by atoms with E-state index in [9.17, 15) is 4.79 Å². The first kappa shape index (κ1) is 17.8. The third-order valence-corrected chi connectivity index (χ3v) is 4.07. The Morgan fingerprint density at radius 3 is 2.54 bits per heavy atom. The summed E-state index contributed by atoms with van der Waals surface area (Å²) in [5.74, 6) is 0.955. The summed E-state index contributed by atoms with van der Waals surface area (Å²) in [6.45, 7) is 0. The van der Waals surface area contributed by atoms with E-state index in [2.05, 4.69) is 26.5 Å². The molecule has 2 aromatic carbocycles. The van der Waals surface area contributed by atoms with Crippen molar-refractivity contribution in [1.82, 2.24) is 5.43 Å². The maximum absolute atomic E-state index is 11.9. The summed E-state index contributed by atoms with van der Waals surface area (Å²) in [6, 6.07) is 10.7. The number of anilines is 1. The van der Waals surface area contributed by atoms with Crippen molar-refractivity contribution < 1.29 is 14.3 Å². The van der Waals surface area contributed by atoms with E-state index in [1.807, 2.05) is 12.1 Å². The summed E-state index contributed by atoms with van der Waals surface area (Å²) in [5, 5.41) is 3.97. The number of ether oxygens (including phenoxy) is 2. The van der Waals surface area contributed by atoms with Gasteiger partial charge in [-0.1, -0.05) is 12.1 Å². The van der Waals surface area contributed by atoms with Crippen molar-refractivity contribution in [3.8, 4) is 11.5 Å². The van der Waals surface area contributed by atoms with E-state index in [0.29, 0.717) is 21.7 Å². The third kappa shape index (κ3) is 4.48. The molecule has 0 heterocycles. The maximum atomic E-state index is 11.9. The standard InChI is InChI=1S/C17H18BrN3O3/c1-23-14-8-5-12(16(18)17(14)24-2)10-20-21-15(22)9-11-3-6-13(19)7-4-11/h3-8,10H,9,19H2,1-2H3,(H,21,22)/b20-10-. The molecule has 6 nitrogen and oxygen atoms in total. The lowest BCUT2D eigenvalue weighted by Crippen LogP contribution is -2.19. The highest BCUT2D eigenvalue weighted by Gasteiger charge is 2.11. The minimum absolute atomic E-state index is 0.215. The molecule has 7 heteroatoms. The van der Waals surface area contributed by atoms with E-state index in [4.69, 9.17) is 15.2 Å². The number of nitrogens with two attached hydrogens (primary N) is 1. The molecule has 0 radical (unpaired) electrons. The van der Waals surface area contributed by atoms with Crippen LogP contribution in [0.15, 0.2) is 46.0 Å². The number of benzene rings is 2. The molecule has 0 aliphatic heterocycles. The summed E-state index contributed by atoms with van der Waals surface area (Å²) in [4.78, 5) is 11.9. The number of nitrogens with one attached hydrogen (secondary N) is 1. The molecule has 2 rings (SSSR count). The number of hydrogen-bond donors (Lipinski definition) is 2. The number of rotatable bonds is 6. The van der Waals surface area contributed by atoms with Gasteiger partial charge in [0.25, 0.3) is 0 Å². The second-order valence-corrected chi connectivity index (χ2v) is 5.71. The van der Waals surface area contributed by atoms with Gasteiger partial charge in [-0.05, 0) is 45.8 Å². The van der Waals surface area contributed by atoms with Gasteiger partial charge in [-0.15, -0.1) is 0 Å². The van der Waals surface area contributed by atoms with E-state index < -0.39 is 0 Å². The molecule has 0 saturated heterocycles. The van der Waals surface area contributed by atoms with Gasteiger partial charge in [0.2, 0.25) is 5.91 Å². The molecule has 1 amide bonds. The number of nitrogen functional groups attached to an aromatic ring is 1. The van der Waals surface area contributed by atoms with Gasteiger partial charge < -0.3 is 15.2 Å². The van der Waals surface area contributed by atoms with Crippen LogP contribution in [0.1, 0.15) is 11.1 Å². The lowest BCUT2D eigenvalue weighted by molar-refractivity contribution is -0.120. The van der Waals surface area contributed by atoms with E-state index in [0.717, 1.165) is 11.1 Å². The highest BCUT2D eigenvalue weighted by atomic mass is 79.9. The zero-order valence-electron chi connectivity index (χ0n) is 13.4. The molecule has 0 spiro atoms. The topological polar surface area (TPSA) is 85.9 Å². The van der Waals surface area contributed by atoms with Crippen LogP contribution in [-0.2, 0) is 11.2 Å². The lowest BCUT2D eigenvalue weighted by atomic mass is 10.1. The fourth-order valence-electron chi connectivity index (χ4n) is 2.04. The van der Waals surface area contributed by atoms with Crippen LogP contribution in [0.4, 0.5) is 5.69 Å². The average molecular weight is 392 g/mol. The first-order chi connectivity index (χ1) is 11.5. The molecule has 0 bridgehead atoms. The van der Waals surface area contributed by atoms with Crippen LogP contribution in [0, 0.1) is 0 Å². The summed E-state index contributed by atoms with van der Waals surface area (Å²) in [7, 11) is 3.12. The lowest BCUT2D eigenvalue weighted by Gasteiger charge is -2.10. The Morgan fingerprint density at radius 2 is 1.92 bits per heavy atom. The Bertz CT molecular complexity index is 745. The first-order valence-corrected chi connectivity index (χ1v) is 7.91. The van der Waals surface area contributed by atoms with Crippen molar-refractivity contribution in [2.24, 2.45) is 5.10 Å². The number of carbonyl (C=O) groups excluding carboxylic acids is 1. The molecule has 0 unspecified atom stereocenters. The second-order valence-electron chi connectivity index (χ2n) is 4.92. The molecule has 2 aromatic rings. The molecule has 0 fully saturated rings. The monoisotopic (exact) mass is 391 g/mol. The Morgan fingerprint density at radius 1 is 1.21 bits per heavy atom. The van der Waals surface area contributed by atoms with Crippen molar-refractivity contribution in [3.63, 3.8) is 0 Å². The molecule has 0 saturated carbocycles. The Hall–Kier alpha value is -2.54. The summed E-state index contributed by atoms with van der Waals surface area (Å²) >= 11 is 3.44. The van der Waals surface area contributed by atoms with Crippen LogP contribution < -0.4 is 20.6 Å². The van der Waals surface area contributed by atoms with Crippen molar-refractivity contribution in [2.75, 3.05) is 20.0 Å². The third-order valence-electron chi connectivity index (χ3n) is 3.25. The van der Waals surface area contributed by atoms with Crippen molar-refractivity contribution in [1.29, 1.82) is 0 Å². The van der Waals surface area contributed by atoms with Gasteiger partial charge in [-0.3, -0.25) is 4.79 Å². The molecule has 0 aromatic heterocycles. The van der Waals surface area contributed by atoms with Gasteiger partial charge in [0.1, 0.15) is 0 Å². The minimum atomic E-state index is -0.215. The van der Waals surface area contributed by atoms with Crippen LogP contribution in [0.25, 0.3) is 0 Å². The van der Waals surface area contributed by atoms with Gasteiger partial charge in [0.15, 0.2) is 11.5 Å². The fourth-order valence-corrected chi connectivity index (χ4v) is 2.63. The quantitative estimate of drug-likeness (QED) is 0.450. The minimum Gasteiger partial charge on any atom is -0.493 e. The molecule has 0 aliphatic carbocycles. The van der Waals surface area contributed by atoms with Gasteiger partial charge in [0, 0.05) is 11.3 Å². The highest BCUT2D eigenvalue weighted by molar-refractivity contribution is 9.10. The van der Waals surface area contributed by atoms with Gasteiger partial charge in [-0.25, -0.2) is 5.43 Å². The number of carbonyl (C=O) groups is 1. The summed E-state index contributed by atoms with van der Waals surface area (Å²) in [6.07, 6.45) is 1.76. The molecule has 24 heavy (non-hydrogen) atoms. The molecule has 126 valence electrons. The van der Waals surface area contributed by atoms with Crippen LogP contribution in [-0.4, -0.2) is 26.3 Å². The van der Waals surface area contributed by atoms with Gasteiger partial charge in [0.05, 0.1) is 31.3 Å². The van der Waals surface area contributed by atoms with E-state index in [1.54, 1.807) is 38.5 Å². The zero-order valence-corrected chi connectivity index (χ0v) is 15.0. The van der Waals surface area contributed by atoms with E-state index in [1.165, 1.54) is 6.21 Å². The van der Waals surface area contributed by atoms with E-state index in [-0.39, 0.29) is 12.3 Å². The number of hydrazone groups is 1. The number of halogens is 1. The van der Waals surface area contributed by atoms with Crippen LogP contribution in [0.3, 0.4) is 0 Å². The zero-order chi connectivity index (χ0) is 17.5. The second kappa shape index (κ2) is 8.35. The first-order valence-electron chi connectivity index (χ1n) is 7.12. The predicted molar refractivity (Wildman–Crippen MR) is 97.5 cm³/mol. The van der Waals surface area contributed by atoms with Crippen molar-refractivity contribution >= 4 is 33.7 Å². The molecule has 0 aliphatic rings. The Balaban J connectivity index is 2.01. The Kier molecular flexibility index (Phi) is 6.20. The van der Waals surface area contributed by atoms with Crippen LogP contribution >= 0.6 is 15.9 Å². The largest absolute Gasteiger partial charge is 0.493 e.